The molecule has 4 bridgehead atoms. The van der Waals surface area contributed by atoms with Crippen molar-refractivity contribution in [2.75, 3.05) is 61.4 Å². The Labute approximate surface area is 345 Å². The van der Waals surface area contributed by atoms with Crippen LogP contribution in [-0.2, 0) is 23.2 Å². The van der Waals surface area contributed by atoms with E-state index >= 15 is 8.78 Å². The van der Waals surface area contributed by atoms with Crippen LogP contribution in [0.1, 0.15) is 59.6 Å². The summed E-state index contributed by atoms with van der Waals surface area (Å²) < 4.78 is 40.5. The van der Waals surface area contributed by atoms with E-state index in [9.17, 15) is 14.4 Å². The van der Waals surface area contributed by atoms with E-state index in [-0.39, 0.29) is 30.4 Å². The first-order valence-corrected chi connectivity index (χ1v) is 20.8. The van der Waals surface area contributed by atoms with Crippen molar-refractivity contribution in [3.8, 4) is 17.1 Å². The van der Waals surface area contributed by atoms with Crippen molar-refractivity contribution >= 4 is 46.1 Å². The van der Waals surface area contributed by atoms with Gasteiger partial charge in [-0.15, -0.1) is 0 Å². The number of amides is 3. The number of carbonyl (C=O) groups excluding carboxylic acids is 3. The largest absolute Gasteiger partial charge is 0.477 e. The van der Waals surface area contributed by atoms with E-state index in [1.807, 2.05) is 20.0 Å². The van der Waals surface area contributed by atoms with Crippen molar-refractivity contribution in [2.45, 2.75) is 57.5 Å². The second kappa shape index (κ2) is 15.3. The van der Waals surface area contributed by atoms with E-state index in [0.717, 1.165) is 74.3 Å². The number of benzene rings is 2. The van der Waals surface area contributed by atoms with Crippen molar-refractivity contribution in [3.63, 3.8) is 0 Å². The second-order valence-electron chi connectivity index (χ2n) is 16.9. The van der Waals surface area contributed by atoms with Gasteiger partial charge >= 0.3 is 0 Å². The number of hydrazine groups is 1. The van der Waals surface area contributed by atoms with E-state index in [1.54, 1.807) is 23.0 Å². The van der Waals surface area contributed by atoms with E-state index in [1.165, 1.54) is 12.1 Å². The molecular weight excluding hydrogens is 773 g/mol. The first-order valence-electron chi connectivity index (χ1n) is 20.8. The van der Waals surface area contributed by atoms with Gasteiger partial charge in [0.25, 0.3) is 5.91 Å². The highest BCUT2D eigenvalue weighted by Crippen LogP contribution is 2.38. The Hall–Kier alpha value is -5.94. The zero-order valence-corrected chi connectivity index (χ0v) is 33.6. The topological polar surface area (TPSA) is 155 Å². The lowest BCUT2D eigenvalue weighted by atomic mass is 9.89. The summed E-state index contributed by atoms with van der Waals surface area (Å²) >= 11 is 0. The first kappa shape index (κ1) is 38.3. The van der Waals surface area contributed by atoms with Crippen LogP contribution in [0.15, 0.2) is 48.7 Å². The fraction of sp³-hybridized carbons (Fsp3) is 0.442. The van der Waals surface area contributed by atoms with Gasteiger partial charge in [-0.3, -0.25) is 30.0 Å². The van der Waals surface area contributed by atoms with Gasteiger partial charge in [0, 0.05) is 87.5 Å². The van der Waals surface area contributed by atoms with Gasteiger partial charge in [0.05, 0.1) is 47.1 Å². The molecule has 5 aliphatic rings. The van der Waals surface area contributed by atoms with Gasteiger partial charge in [-0.1, -0.05) is 0 Å². The monoisotopic (exact) mass is 819 g/mol. The predicted octanol–water partition coefficient (Wildman–Crippen LogP) is 4.83. The molecule has 3 saturated heterocycles. The maximum atomic E-state index is 15.1. The molecule has 3 aromatic heterocycles. The highest BCUT2D eigenvalue weighted by Gasteiger charge is 2.36. The van der Waals surface area contributed by atoms with Crippen molar-refractivity contribution in [2.24, 2.45) is 18.9 Å². The summed E-state index contributed by atoms with van der Waals surface area (Å²) in [6, 6.07) is 12.4. The quantitative estimate of drug-likeness (QED) is 0.209. The van der Waals surface area contributed by atoms with Crippen LogP contribution in [0.3, 0.4) is 0 Å². The number of piperidine rings is 1. The molecule has 4 aliphatic heterocycles. The average molecular weight is 820 g/mol. The Bertz CT molecular complexity index is 2500. The minimum atomic E-state index is -1.03. The number of nitrogens with one attached hydrogen (secondary N) is 3. The lowest BCUT2D eigenvalue weighted by Crippen LogP contribution is -2.65. The van der Waals surface area contributed by atoms with Gasteiger partial charge in [-0.05, 0) is 86.9 Å². The molecule has 17 heteroatoms. The number of imidazole rings is 1. The molecule has 3 N–H and O–H groups in total. The molecule has 3 atom stereocenters. The van der Waals surface area contributed by atoms with Crippen molar-refractivity contribution in [1.29, 1.82) is 0 Å². The van der Waals surface area contributed by atoms with Gasteiger partial charge in [-0.2, -0.15) is 5.10 Å². The first-order chi connectivity index (χ1) is 29.0. The number of hydrogen-bond donors (Lipinski definition) is 3. The molecule has 2 aromatic carbocycles. The molecule has 0 spiro atoms. The van der Waals surface area contributed by atoms with Crippen LogP contribution in [0.5, 0.6) is 5.88 Å². The molecule has 5 aromatic rings. The Morgan fingerprint density at radius 2 is 1.65 bits per heavy atom. The van der Waals surface area contributed by atoms with Crippen LogP contribution in [0.4, 0.5) is 26.1 Å². The Kier molecular flexibility index (Phi) is 9.74. The van der Waals surface area contributed by atoms with Crippen LogP contribution >= 0.6 is 0 Å². The molecule has 1 saturated carbocycles. The summed E-state index contributed by atoms with van der Waals surface area (Å²) in [5.41, 5.74) is 5.51. The summed E-state index contributed by atoms with van der Waals surface area (Å²) in [5, 5.41) is 17.6. The van der Waals surface area contributed by atoms with Crippen LogP contribution in [-0.4, -0.2) is 104 Å². The molecule has 4 fully saturated rings. The van der Waals surface area contributed by atoms with Gasteiger partial charge in [-0.25, -0.2) is 28.5 Å². The Morgan fingerprint density at radius 3 is 2.43 bits per heavy atom. The molecule has 312 valence electrons. The third kappa shape index (κ3) is 7.23. The lowest BCUT2D eigenvalue weighted by molar-refractivity contribution is -0.134. The van der Waals surface area contributed by atoms with Crippen LogP contribution in [0.25, 0.3) is 22.3 Å². The van der Waals surface area contributed by atoms with E-state index in [4.69, 9.17) is 14.7 Å². The van der Waals surface area contributed by atoms with Crippen LogP contribution in [0.2, 0.25) is 0 Å². The van der Waals surface area contributed by atoms with E-state index in [2.05, 4.69) is 52.7 Å². The normalized spacial score (nSPS) is 22.9. The zero-order valence-electron chi connectivity index (χ0n) is 33.6. The number of ether oxygens (including phenoxy) is 1. The number of piperazine rings is 1. The molecule has 1 unspecified atom stereocenters. The van der Waals surface area contributed by atoms with Gasteiger partial charge < -0.3 is 19.5 Å². The highest BCUT2D eigenvalue weighted by atomic mass is 19.1. The predicted molar refractivity (Wildman–Crippen MR) is 219 cm³/mol. The molecule has 7 heterocycles. The lowest BCUT2D eigenvalue weighted by Gasteiger charge is -2.49. The Morgan fingerprint density at radius 1 is 0.867 bits per heavy atom. The number of anilines is 3. The van der Waals surface area contributed by atoms with Gasteiger partial charge in [0.1, 0.15) is 11.6 Å². The number of hydrogen-bond acceptors (Lipinski definition) is 11. The van der Waals surface area contributed by atoms with Crippen LogP contribution < -0.4 is 25.6 Å². The number of imide groups is 1. The number of halogens is 2. The summed E-state index contributed by atoms with van der Waals surface area (Å²) in [5.74, 6) is -2.00. The summed E-state index contributed by atoms with van der Waals surface area (Å²) in [6.07, 6.45) is 4.98. The molecular formula is C43H47F2N11O4. The number of fused-ring (bicyclic) bond motifs is 9. The number of aryl methyl sites for hydroxylation is 2. The number of rotatable bonds is 5. The van der Waals surface area contributed by atoms with Gasteiger partial charge in [0.2, 0.25) is 23.6 Å². The molecule has 15 nitrogen and oxygen atoms in total. The zero-order chi connectivity index (χ0) is 41.2. The third-order valence-electron chi connectivity index (χ3n) is 12.8. The minimum Gasteiger partial charge on any atom is -0.477 e. The van der Waals surface area contributed by atoms with E-state index < -0.39 is 29.4 Å². The molecule has 60 heavy (non-hydrogen) atoms. The highest BCUT2D eigenvalue weighted by molar-refractivity contribution is 6.05. The number of pyridine rings is 1. The Balaban J connectivity index is 0.814. The summed E-state index contributed by atoms with van der Waals surface area (Å²) in [6.45, 7) is 7.81. The standard InChI is InChI=1S/C43H47F2N11O4/c1-24-13-27-15-36(47-24)32-19-46-52(2)42(32)60-23-26-4-3-25(14-26)20-56-37-18-30(5-7-35(37)49-43(56)51-40(27)58)53-9-11-54(12-10-53)55-21-29(22-55)48-28-16-33(44)39(34(45)17-28)31-6-8-38(57)50-41(31)59/h5,7,13,15-19,25-26,29,31,48H,3-4,6,8-12,14,20-23H2,1-2H3,(H,49,51,58)(H,50,57,59)/t25?,26-,31+/m0/s1. The minimum absolute atomic E-state index is 0.00819. The summed E-state index contributed by atoms with van der Waals surface area (Å²) in [7, 11) is 1.86. The van der Waals surface area contributed by atoms with E-state index in [0.29, 0.717) is 66.0 Å². The van der Waals surface area contributed by atoms with Crippen molar-refractivity contribution in [3.05, 3.63) is 77.1 Å². The van der Waals surface area contributed by atoms with Crippen LogP contribution in [0, 0.1) is 30.4 Å². The molecule has 3 amide bonds. The smallest absolute Gasteiger partial charge is 0.258 e. The van der Waals surface area contributed by atoms with Gasteiger partial charge in [0.15, 0.2) is 0 Å². The average Bonchev–Trinajstić information content (AvgIpc) is 3.91. The molecule has 1 aliphatic carbocycles. The fourth-order valence-corrected chi connectivity index (χ4v) is 9.64. The number of aromatic nitrogens is 5. The molecule has 10 rings (SSSR count). The fourth-order valence-electron chi connectivity index (χ4n) is 9.64. The summed E-state index contributed by atoms with van der Waals surface area (Å²) in [4.78, 5) is 49.8. The second-order valence-corrected chi connectivity index (χ2v) is 16.9. The van der Waals surface area contributed by atoms with Crippen molar-refractivity contribution < 1.29 is 27.9 Å². The molecule has 0 radical (unpaired) electrons. The van der Waals surface area contributed by atoms with Crippen molar-refractivity contribution in [1.82, 2.24) is 39.7 Å². The maximum absolute atomic E-state index is 15.1. The number of carbonyl (C=O) groups is 3. The maximum Gasteiger partial charge on any atom is 0.258 e. The third-order valence-corrected chi connectivity index (χ3v) is 12.8. The number of nitrogens with zero attached hydrogens (tertiary/aromatic N) is 8. The SMILES string of the molecule is Cc1cc2cc(n1)-c1cnn(C)c1OC[C@H]1CCC(C1)Cn1c(nc3ccc(N4CCN(N5CC(Nc6cc(F)c([C@H]7CCC(=O)NC7=O)c(F)c6)C5)CC4)cc31)NC2=O.